The molecule has 0 spiro atoms. The number of hydrogen-bond donors (Lipinski definition) is 4. The Morgan fingerprint density at radius 1 is 0.716 bits per heavy atom. The standard InChI is InChI=1S/C56H58F3N3O10S2/c1-34(2)51-50(54(60)67)49(36-6-4-3-5-7-36)53(38-10-16-40(58)17-11-38)61(51)27-26-43(63)32-44(64)33-48(66)70-28-30-73-74-31-29-71-56(69)72-45-22-12-37(13-23-45)52-46(24-25-47(65)35-8-14-39(57)15-9-35)55(68)62(52)42-20-18-41(59)19-21-42/h3-23,34,43-44,46-47,52,63-65H,24-33H2,1-2H3,(H2,60,67)/t43-,44-,46-,47+,52?/m1/s1. The molecule has 2 amide bonds. The molecule has 2 heterocycles. The van der Waals surface area contributed by atoms with Crippen LogP contribution in [0.25, 0.3) is 22.4 Å². The maximum atomic E-state index is 14.1. The predicted molar refractivity (Wildman–Crippen MR) is 279 cm³/mol. The number of nitrogens with two attached hydrogens (primary N) is 1. The van der Waals surface area contributed by atoms with Gasteiger partial charge in [-0.2, -0.15) is 0 Å². The Labute approximate surface area is 435 Å². The highest BCUT2D eigenvalue weighted by Crippen LogP contribution is 2.47. The maximum Gasteiger partial charge on any atom is 0.513 e. The number of aromatic nitrogens is 1. The minimum atomic E-state index is -1.19. The second-order valence-electron chi connectivity index (χ2n) is 18.1. The number of rotatable bonds is 25. The third-order valence-corrected chi connectivity index (χ3v) is 14.9. The lowest BCUT2D eigenvalue weighted by molar-refractivity contribution is -0.145. The molecular weight excluding hydrogens is 996 g/mol. The third-order valence-electron chi connectivity index (χ3n) is 12.6. The van der Waals surface area contributed by atoms with E-state index in [0.29, 0.717) is 57.3 Å². The monoisotopic (exact) mass is 1050 g/mol. The van der Waals surface area contributed by atoms with Crippen molar-refractivity contribution < 1.29 is 61.9 Å². The molecule has 18 heteroatoms. The van der Waals surface area contributed by atoms with Crippen molar-refractivity contribution in [2.24, 2.45) is 11.7 Å². The summed E-state index contributed by atoms with van der Waals surface area (Å²) in [7, 11) is 2.77. The Bertz CT molecular complexity index is 2840. The summed E-state index contributed by atoms with van der Waals surface area (Å²) in [5, 5.41) is 32.6. The van der Waals surface area contributed by atoms with E-state index in [1.54, 1.807) is 41.3 Å². The fourth-order valence-electron chi connectivity index (χ4n) is 9.17. The van der Waals surface area contributed by atoms with Gasteiger partial charge in [-0.25, -0.2) is 18.0 Å². The van der Waals surface area contributed by atoms with E-state index in [1.807, 2.05) is 48.7 Å². The van der Waals surface area contributed by atoms with E-state index in [2.05, 4.69) is 0 Å². The van der Waals surface area contributed by atoms with Gasteiger partial charge < -0.3 is 44.7 Å². The van der Waals surface area contributed by atoms with Gasteiger partial charge in [0.25, 0.3) is 5.91 Å². The number of carbonyl (C=O) groups is 4. The number of β-lactam (4-membered cyclic amide) rings is 1. The Morgan fingerprint density at radius 2 is 1.31 bits per heavy atom. The van der Waals surface area contributed by atoms with Crippen molar-refractivity contribution in [3.63, 3.8) is 0 Å². The smallest absolute Gasteiger partial charge is 0.465 e. The van der Waals surface area contributed by atoms with Crippen molar-refractivity contribution in [3.8, 4) is 28.1 Å². The van der Waals surface area contributed by atoms with Crippen LogP contribution in [0.4, 0.5) is 23.7 Å². The molecular formula is C56H58F3N3O10S2. The molecule has 0 saturated carbocycles. The van der Waals surface area contributed by atoms with Gasteiger partial charge in [0.1, 0.15) is 36.4 Å². The molecule has 1 aromatic heterocycles. The molecule has 0 aliphatic carbocycles. The molecule has 6 aromatic rings. The van der Waals surface area contributed by atoms with Gasteiger partial charge in [0.15, 0.2) is 0 Å². The van der Waals surface area contributed by atoms with Gasteiger partial charge in [0.05, 0.1) is 47.9 Å². The highest BCUT2D eigenvalue weighted by molar-refractivity contribution is 8.76. The molecule has 5 aromatic carbocycles. The zero-order valence-corrected chi connectivity index (χ0v) is 42.4. The van der Waals surface area contributed by atoms with Crippen LogP contribution in [0, 0.1) is 23.4 Å². The highest BCUT2D eigenvalue weighted by atomic mass is 33.1. The molecule has 0 bridgehead atoms. The molecule has 5 N–H and O–H groups in total. The molecule has 7 rings (SSSR count). The molecule has 5 atom stereocenters. The molecule has 74 heavy (non-hydrogen) atoms. The van der Waals surface area contributed by atoms with E-state index >= 15 is 0 Å². The van der Waals surface area contributed by atoms with Crippen LogP contribution >= 0.6 is 21.6 Å². The van der Waals surface area contributed by atoms with Crippen LogP contribution in [0.3, 0.4) is 0 Å². The van der Waals surface area contributed by atoms with Crippen LogP contribution in [0.15, 0.2) is 127 Å². The van der Waals surface area contributed by atoms with Crippen LogP contribution < -0.4 is 15.4 Å². The van der Waals surface area contributed by atoms with Crippen molar-refractivity contribution in [2.75, 3.05) is 29.6 Å². The molecule has 1 fully saturated rings. The summed E-state index contributed by atoms with van der Waals surface area (Å²) < 4.78 is 59.1. The summed E-state index contributed by atoms with van der Waals surface area (Å²) in [6.45, 7) is 4.19. The molecule has 13 nitrogen and oxygen atoms in total. The number of ether oxygens (including phenoxy) is 3. The van der Waals surface area contributed by atoms with E-state index in [-0.39, 0.29) is 63.0 Å². The van der Waals surface area contributed by atoms with Crippen LogP contribution in [-0.4, -0.2) is 80.8 Å². The lowest BCUT2D eigenvalue weighted by Crippen LogP contribution is -2.55. The Balaban J connectivity index is 0.815. The number of aliphatic hydroxyl groups is 3. The van der Waals surface area contributed by atoms with Crippen molar-refractivity contribution in [2.45, 2.75) is 82.8 Å². The van der Waals surface area contributed by atoms with Crippen LogP contribution in [0.1, 0.15) is 91.2 Å². The average Bonchev–Trinajstić information content (AvgIpc) is 3.73. The SMILES string of the molecule is CC(C)c1c(C(N)=O)c(-c2ccccc2)c(-c2ccc(F)cc2)n1CC[C@@H](O)C[C@@H](O)CC(=O)OCCSSCCOC(=O)Oc1ccc(C2[C@@H](CC[C@H](O)c3ccc(F)cc3)C(=O)N2c2ccc(F)cc2)cc1. The summed E-state index contributed by atoms with van der Waals surface area (Å²) in [6, 6.07) is 32.5. The van der Waals surface area contributed by atoms with Gasteiger partial charge >= 0.3 is 12.1 Å². The van der Waals surface area contributed by atoms with E-state index in [1.165, 1.54) is 82.3 Å². The lowest BCUT2D eigenvalue weighted by Gasteiger charge is -2.48. The molecule has 1 aliphatic heterocycles. The minimum absolute atomic E-state index is 0.0301. The van der Waals surface area contributed by atoms with Crippen LogP contribution in [0.5, 0.6) is 5.75 Å². The van der Waals surface area contributed by atoms with Crippen LogP contribution in [-0.2, 0) is 25.6 Å². The van der Waals surface area contributed by atoms with Gasteiger partial charge in [-0.05, 0) is 127 Å². The van der Waals surface area contributed by atoms with Gasteiger partial charge in [-0.3, -0.25) is 14.4 Å². The first-order chi connectivity index (χ1) is 35.6. The number of aliphatic hydroxyl groups excluding tert-OH is 3. The molecule has 390 valence electrons. The Kier molecular flexibility index (Phi) is 19.4. The van der Waals surface area contributed by atoms with E-state index in [4.69, 9.17) is 19.9 Å². The second-order valence-corrected chi connectivity index (χ2v) is 20.8. The average molecular weight is 1050 g/mol. The van der Waals surface area contributed by atoms with Gasteiger partial charge in [0.2, 0.25) is 5.91 Å². The topological polar surface area (TPSA) is 191 Å². The zero-order valence-electron chi connectivity index (χ0n) is 40.8. The number of hydrogen-bond acceptors (Lipinski definition) is 12. The summed E-state index contributed by atoms with van der Waals surface area (Å²) in [5.74, 6) is -2.39. The van der Waals surface area contributed by atoms with E-state index in [0.717, 1.165) is 11.1 Å². The molecule has 1 aliphatic rings. The first-order valence-electron chi connectivity index (χ1n) is 24.2. The normalized spacial score (nSPS) is 15.6. The van der Waals surface area contributed by atoms with Crippen LogP contribution in [0.2, 0.25) is 0 Å². The predicted octanol–water partition coefficient (Wildman–Crippen LogP) is 10.7. The molecule has 0 radical (unpaired) electrons. The van der Waals surface area contributed by atoms with Crippen molar-refractivity contribution in [3.05, 3.63) is 167 Å². The van der Waals surface area contributed by atoms with Crippen molar-refractivity contribution >= 4 is 51.2 Å². The Morgan fingerprint density at radius 3 is 1.92 bits per heavy atom. The summed E-state index contributed by atoms with van der Waals surface area (Å²) in [6.07, 6.45) is -3.76. The Hall–Kier alpha value is -6.57. The minimum Gasteiger partial charge on any atom is -0.465 e. The summed E-state index contributed by atoms with van der Waals surface area (Å²) >= 11 is 0. The highest BCUT2D eigenvalue weighted by Gasteiger charge is 2.48. The zero-order chi connectivity index (χ0) is 52.9. The number of carbonyl (C=O) groups excluding carboxylic acids is 4. The number of amides is 2. The van der Waals surface area contributed by atoms with Crippen molar-refractivity contribution in [1.29, 1.82) is 0 Å². The first-order valence-corrected chi connectivity index (χ1v) is 26.7. The number of halogens is 3. The summed E-state index contributed by atoms with van der Waals surface area (Å²) in [4.78, 5) is 53.2. The number of nitrogens with zero attached hydrogens (tertiary/aromatic N) is 2. The quantitative estimate of drug-likeness (QED) is 0.0140. The third kappa shape index (κ3) is 14.2. The maximum absolute atomic E-state index is 14.1. The van der Waals surface area contributed by atoms with Gasteiger partial charge in [-0.1, -0.05) is 90.0 Å². The number of esters is 1. The summed E-state index contributed by atoms with van der Waals surface area (Å²) in [5.41, 5.74) is 11.4. The van der Waals surface area contributed by atoms with Gasteiger partial charge in [-0.15, -0.1) is 0 Å². The van der Waals surface area contributed by atoms with Crippen molar-refractivity contribution in [1.82, 2.24) is 4.57 Å². The number of primary amides is 1. The van der Waals surface area contributed by atoms with E-state index < -0.39 is 65.8 Å². The first kappa shape index (κ1) is 55.2. The van der Waals surface area contributed by atoms with E-state index in [9.17, 15) is 47.7 Å². The molecule has 1 saturated heterocycles. The number of benzene rings is 5. The van der Waals surface area contributed by atoms with Gasteiger partial charge in [0, 0.05) is 35.0 Å². The lowest BCUT2D eigenvalue weighted by atomic mass is 9.78. The fraction of sp³-hybridized carbons (Fsp3) is 0.321. The second kappa shape index (κ2) is 26.1. The fourth-order valence-corrected chi connectivity index (χ4v) is 10.8. The largest absolute Gasteiger partial charge is 0.513 e. The molecule has 1 unspecified atom stereocenters. The number of anilines is 1.